The predicted molar refractivity (Wildman–Crippen MR) is 33.9 cm³/mol. The molecule has 0 aliphatic rings. The van der Waals surface area contributed by atoms with Crippen molar-refractivity contribution in [2.45, 2.75) is 13.3 Å². The molecular formula is C7H11. The molecule has 1 radical (unpaired) electrons. The highest BCUT2D eigenvalue weighted by Gasteiger charge is 1.75. The highest BCUT2D eigenvalue weighted by molar-refractivity contribution is 5.13. The van der Waals surface area contributed by atoms with Crippen LogP contribution in [0.25, 0.3) is 0 Å². The molecule has 0 fully saturated rings. The van der Waals surface area contributed by atoms with Crippen molar-refractivity contribution in [2.75, 3.05) is 0 Å². The summed E-state index contributed by atoms with van der Waals surface area (Å²) in [6.45, 7) is 9.34. The van der Waals surface area contributed by atoms with Crippen LogP contribution in [0.5, 0.6) is 0 Å². The first kappa shape index (κ1) is 6.48. The van der Waals surface area contributed by atoms with E-state index in [0.717, 1.165) is 12.0 Å². The van der Waals surface area contributed by atoms with Gasteiger partial charge in [0, 0.05) is 0 Å². The molecule has 0 unspecified atom stereocenters. The van der Waals surface area contributed by atoms with E-state index in [1.807, 2.05) is 6.08 Å². The van der Waals surface area contributed by atoms with Gasteiger partial charge in [-0.2, -0.15) is 0 Å². The Hall–Kier alpha value is -0.520. The molecule has 39 valence electrons. The van der Waals surface area contributed by atoms with Gasteiger partial charge in [0.2, 0.25) is 0 Å². The van der Waals surface area contributed by atoms with E-state index < -0.39 is 0 Å². The molecule has 0 aromatic rings. The number of hydrogen-bond donors (Lipinski definition) is 0. The maximum absolute atomic E-state index is 3.74. The Bertz CT molecular complexity index is 78.0. The van der Waals surface area contributed by atoms with Gasteiger partial charge in [-0.3, -0.25) is 0 Å². The Kier molecular flexibility index (Phi) is 3.39. The summed E-state index contributed by atoms with van der Waals surface area (Å²) in [5, 5.41) is 0. The van der Waals surface area contributed by atoms with Crippen LogP contribution in [-0.4, -0.2) is 0 Å². The van der Waals surface area contributed by atoms with Gasteiger partial charge >= 0.3 is 0 Å². The van der Waals surface area contributed by atoms with Gasteiger partial charge in [0.15, 0.2) is 0 Å². The molecule has 0 nitrogen and oxygen atoms in total. The van der Waals surface area contributed by atoms with Gasteiger partial charge in [-0.15, -0.1) is 0 Å². The van der Waals surface area contributed by atoms with Gasteiger partial charge in [0.1, 0.15) is 0 Å². The van der Waals surface area contributed by atoms with E-state index in [1.165, 1.54) is 0 Å². The molecule has 7 heavy (non-hydrogen) atoms. The Morgan fingerprint density at radius 1 is 1.71 bits per heavy atom. The molecule has 0 aromatic heterocycles. The number of rotatable bonds is 2. The zero-order valence-corrected chi connectivity index (χ0v) is 4.78. The molecule has 0 aliphatic carbocycles. The summed E-state index contributed by atoms with van der Waals surface area (Å²) in [5.74, 6) is 0. The summed E-state index contributed by atoms with van der Waals surface area (Å²) < 4.78 is 0. The van der Waals surface area contributed by atoms with Crippen molar-refractivity contribution in [3.63, 3.8) is 0 Å². The van der Waals surface area contributed by atoms with Crippen LogP contribution in [0, 0.1) is 6.92 Å². The van der Waals surface area contributed by atoms with Crippen LogP contribution in [0.15, 0.2) is 24.3 Å². The van der Waals surface area contributed by atoms with Gasteiger partial charge in [-0.1, -0.05) is 31.2 Å². The van der Waals surface area contributed by atoms with Crippen molar-refractivity contribution in [1.82, 2.24) is 0 Å². The van der Waals surface area contributed by atoms with Crippen LogP contribution >= 0.6 is 0 Å². The third-order valence-electron chi connectivity index (χ3n) is 0.808. The van der Waals surface area contributed by atoms with E-state index in [1.54, 1.807) is 6.08 Å². The van der Waals surface area contributed by atoms with Gasteiger partial charge < -0.3 is 0 Å². The molecule has 0 amide bonds. The van der Waals surface area contributed by atoms with Crippen molar-refractivity contribution in [3.8, 4) is 0 Å². The quantitative estimate of drug-likeness (QED) is 0.462. The predicted octanol–water partition coefficient (Wildman–Crippen LogP) is 2.34. The van der Waals surface area contributed by atoms with Crippen molar-refractivity contribution in [3.05, 3.63) is 31.2 Å². The topological polar surface area (TPSA) is 0 Å². The highest BCUT2D eigenvalue weighted by atomic mass is 13.8. The third-order valence-corrected chi connectivity index (χ3v) is 0.808. The minimum Gasteiger partial charge on any atom is -0.0959 e. The number of allylic oxidation sites excluding steroid dienone is 3. The first-order valence-corrected chi connectivity index (χ1v) is 2.44. The molecule has 0 aliphatic heterocycles. The van der Waals surface area contributed by atoms with Gasteiger partial charge in [-0.05, 0) is 13.3 Å². The summed E-state index contributed by atoms with van der Waals surface area (Å²) in [5.41, 5.74) is 1.13. The Morgan fingerprint density at radius 2 is 2.29 bits per heavy atom. The zero-order valence-electron chi connectivity index (χ0n) is 4.78. The van der Waals surface area contributed by atoms with Gasteiger partial charge in [0.25, 0.3) is 0 Å². The molecule has 0 heteroatoms. The largest absolute Gasteiger partial charge is 0.0959 e. The fraction of sp³-hybridized carbons (Fsp3) is 0.286. The lowest BCUT2D eigenvalue weighted by Crippen LogP contribution is -1.65. The first-order chi connectivity index (χ1) is 3.31. The lowest BCUT2D eigenvalue weighted by atomic mass is 10.2. The standard InChI is InChI=1S/C7H11/c1-4-6-7(3)5-2/h4,6H,1,3,5H2,2H3/b6-4+. The maximum Gasteiger partial charge on any atom is -0.0313 e. The Morgan fingerprint density at radius 3 is 2.43 bits per heavy atom. The average molecular weight is 95.2 g/mol. The number of hydrogen-bond acceptors (Lipinski definition) is 0. The van der Waals surface area contributed by atoms with Gasteiger partial charge in [-0.25, -0.2) is 0 Å². The maximum atomic E-state index is 3.74. The van der Waals surface area contributed by atoms with E-state index in [0.29, 0.717) is 0 Å². The van der Waals surface area contributed by atoms with Crippen LogP contribution in [0.4, 0.5) is 0 Å². The second kappa shape index (κ2) is 3.66. The van der Waals surface area contributed by atoms with Gasteiger partial charge in [0.05, 0.1) is 0 Å². The van der Waals surface area contributed by atoms with Crippen molar-refractivity contribution in [1.29, 1.82) is 0 Å². The minimum atomic E-state index is 1.02. The first-order valence-electron chi connectivity index (χ1n) is 2.44. The Labute approximate surface area is 45.5 Å². The third kappa shape index (κ3) is 3.31. The summed E-state index contributed by atoms with van der Waals surface area (Å²) >= 11 is 0. The normalized spacial score (nSPS) is 10.0. The minimum absolute atomic E-state index is 1.02. The molecular weight excluding hydrogens is 84.1 g/mol. The van der Waals surface area contributed by atoms with Crippen molar-refractivity contribution < 1.29 is 0 Å². The van der Waals surface area contributed by atoms with E-state index in [4.69, 9.17) is 0 Å². The Balaban J connectivity index is 3.37. The van der Waals surface area contributed by atoms with Crippen LogP contribution < -0.4 is 0 Å². The van der Waals surface area contributed by atoms with Crippen molar-refractivity contribution >= 4 is 0 Å². The van der Waals surface area contributed by atoms with E-state index in [9.17, 15) is 0 Å². The van der Waals surface area contributed by atoms with E-state index >= 15 is 0 Å². The zero-order chi connectivity index (χ0) is 5.70. The SMILES string of the molecule is [CH2]/C=C/C(=C)CC. The molecule has 0 heterocycles. The monoisotopic (exact) mass is 95.1 g/mol. The summed E-state index contributed by atoms with van der Waals surface area (Å²) in [6.07, 6.45) is 4.69. The average Bonchev–Trinajstić information content (AvgIpc) is 1.68. The summed E-state index contributed by atoms with van der Waals surface area (Å²) in [4.78, 5) is 0. The van der Waals surface area contributed by atoms with Crippen LogP contribution in [-0.2, 0) is 0 Å². The second-order valence-electron chi connectivity index (χ2n) is 1.41. The molecule has 0 saturated carbocycles. The molecule has 0 saturated heterocycles. The lowest BCUT2D eigenvalue weighted by Gasteiger charge is -1.85. The smallest absolute Gasteiger partial charge is 0.0313 e. The van der Waals surface area contributed by atoms with Crippen LogP contribution in [0.2, 0.25) is 0 Å². The van der Waals surface area contributed by atoms with E-state index in [-0.39, 0.29) is 0 Å². The highest BCUT2D eigenvalue weighted by Crippen LogP contribution is 1.95. The summed E-state index contributed by atoms with van der Waals surface area (Å²) in [6, 6.07) is 0. The second-order valence-corrected chi connectivity index (χ2v) is 1.41. The van der Waals surface area contributed by atoms with E-state index in [2.05, 4.69) is 20.4 Å². The van der Waals surface area contributed by atoms with Crippen LogP contribution in [0.1, 0.15) is 13.3 Å². The fourth-order valence-corrected chi connectivity index (χ4v) is 0.285. The van der Waals surface area contributed by atoms with Crippen LogP contribution in [0.3, 0.4) is 0 Å². The molecule has 0 aromatic carbocycles. The molecule has 0 N–H and O–H groups in total. The molecule has 0 atom stereocenters. The fourth-order valence-electron chi connectivity index (χ4n) is 0.285. The molecule has 0 bridgehead atoms. The summed E-state index contributed by atoms with van der Waals surface area (Å²) in [7, 11) is 0. The molecule has 0 rings (SSSR count). The lowest BCUT2D eigenvalue weighted by molar-refractivity contribution is 1.16. The molecule has 0 spiro atoms. The van der Waals surface area contributed by atoms with Crippen molar-refractivity contribution in [2.24, 2.45) is 0 Å².